The van der Waals surface area contributed by atoms with Crippen LogP contribution in [0.25, 0.3) is 55.5 Å². The molecule has 0 amide bonds. The molecule has 222 valence electrons. The standard InChI is InChI=1S/C41H38N4/c1-21-22(2)32-18-34-25(5)26(6)36(44-34)20-38-41(7,8)40(39-29-15-11-9-13-27(29)28-14-10-12-16-30(28)39)37(45-38)19-35-24(4)23(3)33(43-35)17-31(21)42-32/h9-20,43-44H,1-8H3. The van der Waals surface area contributed by atoms with Gasteiger partial charge in [-0.05, 0) is 133 Å². The number of fused-ring (bicyclic) bond motifs is 11. The van der Waals surface area contributed by atoms with Crippen molar-refractivity contribution in [3.05, 3.63) is 129 Å². The molecule has 0 atom stereocenters. The number of hydrogen-bond acceptors (Lipinski definition) is 2. The molecule has 3 aromatic heterocycles. The zero-order chi connectivity index (χ0) is 31.4. The lowest BCUT2D eigenvalue weighted by molar-refractivity contribution is 0.697. The van der Waals surface area contributed by atoms with Crippen molar-refractivity contribution in [3.63, 3.8) is 0 Å². The smallest absolute Gasteiger partial charge is 0.0702 e. The zero-order valence-electron chi connectivity index (χ0n) is 27.3. The molecule has 8 rings (SSSR count). The molecule has 0 saturated carbocycles. The first-order valence-electron chi connectivity index (χ1n) is 15.9. The molecule has 2 aromatic carbocycles. The maximum atomic E-state index is 5.48. The average molecular weight is 587 g/mol. The van der Waals surface area contributed by atoms with Crippen molar-refractivity contribution in [2.75, 3.05) is 0 Å². The molecule has 0 fully saturated rings. The van der Waals surface area contributed by atoms with E-state index < -0.39 is 0 Å². The van der Waals surface area contributed by atoms with Crippen LogP contribution in [-0.4, -0.2) is 19.9 Å². The van der Waals surface area contributed by atoms with Crippen LogP contribution in [0.15, 0.2) is 72.8 Å². The van der Waals surface area contributed by atoms with E-state index in [1.54, 1.807) is 0 Å². The highest BCUT2D eigenvalue weighted by atomic mass is 14.8. The van der Waals surface area contributed by atoms with Crippen LogP contribution in [0.1, 0.15) is 83.9 Å². The van der Waals surface area contributed by atoms with Crippen molar-refractivity contribution in [1.29, 1.82) is 0 Å². The Hall–Kier alpha value is -4.96. The molecule has 1 aliphatic carbocycles. The second-order valence-corrected chi connectivity index (χ2v) is 13.5. The molecule has 4 heteroatoms. The van der Waals surface area contributed by atoms with Crippen LogP contribution in [0.2, 0.25) is 0 Å². The lowest BCUT2D eigenvalue weighted by Gasteiger charge is -2.23. The molecule has 5 aromatic rings. The Morgan fingerprint density at radius 2 is 0.889 bits per heavy atom. The van der Waals surface area contributed by atoms with Crippen molar-refractivity contribution in [3.8, 4) is 11.1 Å². The molecule has 4 nitrogen and oxygen atoms in total. The molecule has 2 N–H and O–H groups in total. The summed E-state index contributed by atoms with van der Waals surface area (Å²) in [6, 6.07) is 26.6. The van der Waals surface area contributed by atoms with Gasteiger partial charge in [0.25, 0.3) is 0 Å². The maximum Gasteiger partial charge on any atom is 0.0702 e. The van der Waals surface area contributed by atoms with Gasteiger partial charge in [-0.25, -0.2) is 4.98 Å². The first kappa shape index (κ1) is 27.6. The number of benzene rings is 2. The summed E-state index contributed by atoms with van der Waals surface area (Å²) in [4.78, 5) is 18.1. The monoisotopic (exact) mass is 586 g/mol. The quantitative estimate of drug-likeness (QED) is 0.186. The molecule has 3 aliphatic rings. The van der Waals surface area contributed by atoms with E-state index in [2.05, 4.69) is 138 Å². The Labute approximate surface area is 264 Å². The van der Waals surface area contributed by atoms with Gasteiger partial charge < -0.3 is 9.97 Å². The van der Waals surface area contributed by atoms with Gasteiger partial charge in [0.05, 0.1) is 22.8 Å². The number of hydrogen-bond donors (Lipinski definition) is 2. The molecule has 2 aliphatic heterocycles. The third kappa shape index (κ3) is 3.91. The van der Waals surface area contributed by atoms with Crippen LogP contribution in [0.4, 0.5) is 0 Å². The number of aryl methyl sites for hydroxylation is 4. The minimum atomic E-state index is -0.352. The largest absolute Gasteiger partial charge is 0.355 e. The number of nitrogens with one attached hydrogen (secondary N) is 2. The van der Waals surface area contributed by atoms with Crippen LogP contribution in [-0.2, 0) is 5.41 Å². The first-order chi connectivity index (χ1) is 21.5. The van der Waals surface area contributed by atoms with E-state index in [0.29, 0.717) is 0 Å². The molecule has 0 spiro atoms. The molecule has 5 heterocycles. The molecule has 45 heavy (non-hydrogen) atoms. The third-order valence-corrected chi connectivity index (χ3v) is 10.7. The van der Waals surface area contributed by atoms with Crippen molar-refractivity contribution < 1.29 is 0 Å². The normalized spacial score (nSPS) is 15.1. The van der Waals surface area contributed by atoms with E-state index >= 15 is 0 Å². The van der Waals surface area contributed by atoms with E-state index in [0.717, 1.165) is 44.8 Å². The second kappa shape index (κ2) is 9.52. The summed E-state index contributed by atoms with van der Waals surface area (Å²) >= 11 is 0. The summed E-state index contributed by atoms with van der Waals surface area (Å²) in [6.07, 6.45) is 0. The number of H-pyrrole nitrogens is 2. The fraction of sp³-hybridized carbons (Fsp3) is 0.220. The van der Waals surface area contributed by atoms with E-state index in [1.165, 1.54) is 66.8 Å². The Morgan fingerprint density at radius 3 is 1.36 bits per heavy atom. The van der Waals surface area contributed by atoms with Gasteiger partial charge in [-0.1, -0.05) is 62.4 Å². The Kier molecular flexibility index (Phi) is 5.83. The summed E-state index contributed by atoms with van der Waals surface area (Å²) < 4.78 is 0. The lowest BCUT2D eigenvalue weighted by Crippen LogP contribution is -2.16. The molecule has 0 unspecified atom stereocenters. The molecule has 0 saturated heterocycles. The van der Waals surface area contributed by atoms with Crippen LogP contribution in [0.3, 0.4) is 0 Å². The summed E-state index contributed by atoms with van der Waals surface area (Å²) in [5.74, 6) is 0. The van der Waals surface area contributed by atoms with E-state index in [1.807, 2.05) is 0 Å². The van der Waals surface area contributed by atoms with Gasteiger partial charge in [0.15, 0.2) is 0 Å². The van der Waals surface area contributed by atoms with Crippen LogP contribution in [0.5, 0.6) is 0 Å². The topological polar surface area (TPSA) is 57.4 Å². The van der Waals surface area contributed by atoms with Gasteiger partial charge >= 0.3 is 0 Å². The summed E-state index contributed by atoms with van der Waals surface area (Å²) in [6.45, 7) is 17.8. The van der Waals surface area contributed by atoms with Gasteiger partial charge in [-0.15, -0.1) is 0 Å². The predicted molar refractivity (Wildman–Crippen MR) is 189 cm³/mol. The second-order valence-electron chi connectivity index (χ2n) is 13.5. The third-order valence-electron chi connectivity index (χ3n) is 10.7. The molecular weight excluding hydrogens is 548 g/mol. The number of allylic oxidation sites excluding steroid dienone is 3. The fourth-order valence-corrected chi connectivity index (χ4v) is 7.38. The van der Waals surface area contributed by atoms with Gasteiger partial charge in [0.2, 0.25) is 0 Å². The maximum absolute atomic E-state index is 5.48. The average Bonchev–Trinajstić information content (AvgIpc) is 3.73. The molecular formula is C41H38N4. The van der Waals surface area contributed by atoms with Crippen molar-refractivity contribution in [1.82, 2.24) is 19.9 Å². The van der Waals surface area contributed by atoms with Gasteiger partial charge in [0.1, 0.15) is 0 Å². The predicted octanol–water partition coefficient (Wildman–Crippen LogP) is 10.4. The van der Waals surface area contributed by atoms with Crippen LogP contribution >= 0.6 is 0 Å². The van der Waals surface area contributed by atoms with Gasteiger partial charge in [-0.2, -0.15) is 0 Å². The molecule has 8 bridgehead atoms. The highest BCUT2D eigenvalue weighted by molar-refractivity contribution is 6.12. The highest BCUT2D eigenvalue weighted by Gasteiger charge is 2.39. The van der Waals surface area contributed by atoms with E-state index in [9.17, 15) is 0 Å². The number of nitrogens with zero attached hydrogens (tertiary/aromatic N) is 2. The van der Waals surface area contributed by atoms with Crippen molar-refractivity contribution >= 4 is 44.4 Å². The molecule has 0 radical (unpaired) electrons. The zero-order valence-corrected chi connectivity index (χ0v) is 27.3. The van der Waals surface area contributed by atoms with Crippen LogP contribution in [0, 0.1) is 27.7 Å². The van der Waals surface area contributed by atoms with Crippen molar-refractivity contribution in [2.24, 2.45) is 0 Å². The van der Waals surface area contributed by atoms with E-state index in [4.69, 9.17) is 9.97 Å². The van der Waals surface area contributed by atoms with Gasteiger partial charge in [0, 0.05) is 27.5 Å². The Morgan fingerprint density at radius 1 is 0.489 bits per heavy atom. The Bertz CT molecular complexity index is 2310. The van der Waals surface area contributed by atoms with Gasteiger partial charge in [-0.3, -0.25) is 4.98 Å². The first-order valence-corrected chi connectivity index (χ1v) is 15.9. The number of aromatic nitrogens is 4. The summed E-state index contributed by atoms with van der Waals surface area (Å²) in [7, 11) is 0. The highest BCUT2D eigenvalue weighted by Crippen LogP contribution is 2.53. The number of aromatic amines is 2. The summed E-state index contributed by atoms with van der Waals surface area (Å²) in [5.41, 5.74) is 23.1. The lowest BCUT2D eigenvalue weighted by atomic mass is 9.77. The fourth-order valence-electron chi connectivity index (χ4n) is 7.38. The Balaban J connectivity index is 1.55. The summed E-state index contributed by atoms with van der Waals surface area (Å²) in [5, 5.41) is 0. The number of rotatable bonds is 0. The van der Waals surface area contributed by atoms with Crippen LogP contribution < -0.4 is 0 Å². The van der Waals surface area contributed by atoms with Crippen molar-refractivity contribution in [2.45, 2.75) is 60.8 Å². The van der Waals surface area contributed by atoms with E-state index in [-0.39, 0.29) is 5.41 Å². The minimum absolute atomic E-state index is 0.352. The SMILES string of the molecule is CC1=C(C)c2cc3[nH]c(cc4nc(cc5[nH]c(cc1n2)c(C)c5C)C(=C1c2ccccc2-c2ccccc21)C4(C)C)c(C)c3C. The minimum Gasteiger partial charge on any atom is -0.355 e.